The molecule has 0 saturated carbocycles. The molecule has 1 heteroatoms. The molecule has 1 fully saturated rings. The second-order valence-corrected chi connectivity index (χ2v) is 6.38. The van der Waals surface area contributed by atoms with Gasteiger partial charge in [-0.1, -0.05) is 38.1 Å². The van der Waals surface area contributed by atoms with Crippen molar-refractivity contribution < 1.29 is 0 Å². The van der Waals surface area contributed by atoms with Gasteiger partial charge in [-0.15, -0.1) is 0 Å². The number of hydrogen-bond acceptors (Lipinski definition) is 1. The maximum absolute atomic E-state index is 2.59. The average molecular weight is 229 g/mol. The van der Waals surface area contributed by atoms with E-state index in [9.17, 15) is 0 Å². The van der Waals surface area contributed by atoms with E-state index >= 15 is 0 Å². The van der Waals surface area contributed by atoms with Crippen LogP contribution in [0, 0.1) is 5.92 Å². The van der Waals surface area contributed by atoms with Crippen LogP contribution >= 0.6 is 0 Å². The Morgan fingerprint density at radius 3 is 2.82 bits per heavy atom. The summed E-state index contributed by atoms with van der Waals surface area (Å²) in [6.45, 7) is 6.17. The van der Waals surface area contributed by atoms with Crippen molar-refractivity contribution in [1.82, 2.24) is 4.90 Å². The molecule has 0 N–H and O–H groups in total. The van der Waals surface area contributed by atoms with Crippen LogP contribution in [0.2, 0.25) is 0 Å². The highest BCUT2D eigenvalue weighted by Gasteiger charge is 2.44. The molecule has 0 aromatic heterocycles. The molecule has 1 saturated heterocycles. The van der Waals surface area contributed by atoms with E-state index in [2.05, 4.69) is 50.1 Å². The summed E-state index contributed by atoms with van der Waals surface area (Å²) in [4.78, 5) is 2.59. The lowest BCUT2D eigenvalue weighted by Crippen LogP contribution is -2.53. The van der Waals surface area contributed by atoms with Crippen molar-refractivity contribution in [2.24, 2.45) is 5.92 Å². The van der Waals surface area contributed by atoms with E-state index < -0.39 is 0 Å². The first-order valence-electron chi connectivity index (χ1n) is 6.89. The molecule has 1 aromatic rings. The average Bonchev–Trinajstić information content (AvgIpc) is 2.31. The van der Waals surface area contributed by atoms with Crippen LogP contribution in [0.5, 0.6) is 0 Å². The predicted molar refractivity (Wildman–Crippen MR) is 72.3 cm³/mol. The van der Waals surface area contributed by atoms with E-state index in [1.165, 1.54) is 25.8 Å². The zero-order valence-corrected chi connectivity index (χ0v) is 11.2. The summed E-state index contributed by atoms with van der Waals surface area (Å²) in [6, 6.07) is 9.83. The first kappa shape index (κ1) is 11.3. The second-order valence-electron chi connectivity index (χ2n) is 6.38. The van der Waals surface area contributed by atoms with Crippen molar-refractivity contribution in [2.75, 3.05) is 13.6 Å². The Kier molecular flexibility index (Phi) is 2.55. The van der Waals surface area contributed by atoms with Crippen LogP contribution in [-0.2, 0) is 11.8 Å². The van der Waals surface area contributed by atoms with E-state index in [4.69, 9.17) is 0 Å². The normalized spacial score (nSPS) is 31.7. The molecular weight excluding hydrogens is 206 g/mol. The van der Waals surface area contributed by atoms with E-state index in [1.54, 1.807) is 11.1 Å². The Hall–Kier alpha value is -0.820. The minimum absolute atomic E-state index is 0.341. The molecule has 2 atom stereocenters. The summed E-state index contributed by atoms with van der Waals surface area (Å²) in [5.41, 5.74) is 3.51. The predicted octanol–water partition coefficient (Wildman–Crippen LogP) is 3.23. The third kappa shape index (κ3) is 1.63. The van der Waals surface area contributed by atoms with Crippen LogP contribution in [-0.4, -0.2) is 24.5 Å². The van der Waals surface area contributed by atoms with Crippen molar-refractivity contribution in [2.45, 2.75) is 44.6 Å². The van der Waals surface area contributed by atoms with Gasteiger partial charge in [-0.05, 0) is 55.3 Å². The van der Waals surface area contributed by atoms with Crippen LogP contribution in [0.25, 0.3) is 0 Å². The highest BCUT2D eigenvalue weighted by molar-refractivity contribution is 5.38. The number of likely N-dealkylation sites (N-methyl/N-ethyl adjacent to an activating group) is 1. The van der Waals surface area contributed by atoms with Gasteiger partial charge >= 0.3 is 0 Å². The number of benzene rings is 1. The van der Waals surface area contributed by atoms with Crippen molar-refractivity contribution in [3.63, 3.8) is 0 Å². The molecule has 1 nitrogen and oxygen atoms in total. The number of nitrogens with zero attached hydrogens (tertiary/aromatic N) is 1. The van der Waals surface area contributed by atoms with Gasteiger partial charge in [-0.25, -0.2) is 0 Å². The van der Waals surface area contributed by atoms with Crippen molar-refractivity contribution in [1.29, 1.82) is 0 Å². The molecule has 1 aliphatic carbocycles. The van der Waals surface area contributed by atoms with Crippen LogP contribution in [0.15, 0.2) is 24.3 Å². The molecular formula is C16H23N. The molecule has 0 spiro atoms. The second kappa shape index (κ2) is 3.84. The summed E-state index contributed by atoms with van der Waals surface area (Å²) < 4.78 is 0. The van der Waals surface area contributed by atoms with Gasteiger partial charge < -0.3 is 4.90 Å². The molecule has 2 aliphatic rings. The Morgan fingerprint density at radius 1 is 1.24 bits per heavy atom. The monoisotopic (exact) mass is 229 g/mol. The van der Waals surface area contributed by atoms with E-state index in [-0.39, 0.29) is 0 Å². The molecule has 3 rings (SSSR count). The standard InChI is InChI=1S/C16H23N/c1-16(2)13-8-5-4-7-12(13)11-15-14(16)9-6-10-17(15)3/h4-5,7-8,14-15H,6,9-11H2,1-3H3/t14-,15-/m1/s1. The van der Waals surface area contributed by atoms with Crippen molar-refractivity contribution in [3.8, 4) is 0 Å². The third-order valence-corrected chi connectivity index (χ3v) is 5.12. The summed E-state index contributed by atoms with van der Waals surface area (Å²) >= 11 is 0. The Balaban J connectivity index is 2.08. The lowest BCUT2D eigenvalue weighted by molar-refractivity contribution is 0.0639. The number of hydrogen-bond donors (Lipinski definition) is 0. The Labute approximate surface area is 105 Å². The SMILES string of the molecule is CN1CCC[C@@H]2[C@H]1Cc1ccccc1C2(C)C. The smallest absolute Gasteiger partial charge is 0.0169 e. The van der Waals surface area contributed by atoms with E-state index in [1.807, 2.05) is 0 Å². The number of likely N-dealkylation sites (tertiary alicyclic amines) is 1. The van der Waals surface area contributed by atoms with Gasteiger partial charge in [0.15, 0.2) is 0 Å². The molecule has 0 amide bonds. The minimum atomic E-state index is 0.341. The van der Waals surface area contributed by atoms with Crippen molar-refractivity contribution in [3.05, 3.63) is 35.4 Å². The van der Waals surface area contributed by atoms with Crippen LogP contribution in [0.1, 0.15) is 37.8 Å². The Bertz CT molecular complexity index is 421. The molecule has 17 heavy (non-hydrogen) atoms. The summed E-state index contributed by atoms with van der Waals surface area (Å²) in [5.74, 6) is 0.830. The van der Waals surface area contributed by atoms with Gasteiger partial charge in [0.05, 0.1) is 0 Å². The Morgan fingerprint density at radius 2 is 2.00 bits per heavy atom. The highest BCUT2D eigenvalue weighted by atomic mass is 15.1. The third-order valence-electron chi connectivity index (χ3n) is 5.12. The molecule has 92 valence electrons. The van der Waals surface area contributed by atoms with E-state index in [0.29, 0.717) is 5.41 Å². The fraction of sp³-hybridized carbons (Fsp3) is 0.625. The van der Waals surface area contributed by atoms with Crippen LogP contribution in [0.4, 0.5) is 0 Å². The lowest BCUT2D eigenvalue weighted by Gasteiger charge is -2.51. The quantitative estimate of drug-likeness (QED) is 0.660. The number of piperidine rings is 1. The molecule has 1 heterocycles. The number of fused-ring (bicyclic) bond motifs is 2. The lowest BCUT2D eigenvalue weighted by atomic mass is 9.60. The molecule has 0 unspecified atom stereocenters. The van der Waals surface area contributed by atoms with Gasteiger partial charge in [0.1, 0.15) is 0 Å². The maximum Gasteiger partial charge on any atom is 0.0169 e. The molecule has 0 bridgehead atoms. The number of rotatable bonds is 0. The zero-order valence-electron chi connectivity index (χ0n) is 11.2. The minimum Gasteiger partial charge on any atom is -0.303 e. The first-order valence-corrected chi connectivity index (χ1v) is 6.89. The maximum atomic E-state index is 2.59. The molecule has 0 radical (unpaired) electrons. The van der Waals surface area contributed by atoms with Crippen LogP contribution < -0.4 is 0 Å². The summed E-state index contributed by atoms with van der Waals surface area (Å²) in [6.07, 6.45) is 4.01. The van der Waals surface area contributed by atoms with Crippen molar-refractivity contribution >= 4 is 0 Å². The van der Waals surface area contributed by atoms with Gasteiger partial charge in [0, 0.05) is 6.04 Å². The van der Waals surface area contributed by atoms with Gasteiger partial charge in [-0.3, -0.25) is 0 Å². The fourth-order valence-corrected chi connectivity index (χ4v) is 4.12. The zero-order chi connectivity index (χ0) is 12.0. The largest absolute Gasteiger partial charge is 0.303 e. The van der Waals surface area contributed by atoms with Crippen LogP contribution in [0.3, 0.4) is 0 Å². The van der Waals surface area contributed by atoms with Gasteiger partial charge in [0.2, 0.25) is 0 Å². The first-order chi connectivity index (χ1) is 8.10. The topological polar surface area (TPSA) is 3.24 Å². The highest BCUT2D eigenvalue weighted by Crippen LogP contribution is 2.46. The van der Waals surface area contributed by atoms with Gasteiger partial charge in [0.25, 0.3) is 0 Å². The summed E-state index contributed by atoms with van der Waals surface area (Å²) in [7, 11) is 2.31. The fourth-order valence-electron chi connectivity index (χ4n) is 4.12. The molecule has 1 aliphatic heterocycles. The molecule has 1 aromatic carbocycles. The summed E-state index contributed by atoms with van der Waals surface area (Å²) in [5, 5.41) is 0. The van der Waals surface area contributed by atoms with Gasteiger partial charge in [-0.2, -0.15) is 0 Å². The van der Waals surface area contributed by atoms with E-state index in [0.717, 1.165) is 12.0 Å².